The van der Waals surface area contributed by atoms with Crippen LogP contribution < -0.4 is 5.69 Å². The van der Waals surface area contributed by atoms with E-state index in [1.165, 1.54) is 16.4 Å². The maximum absolute atomic E-state index is 12.8. The van der Waals surface area contributed by atoms with Crippen LogP contribution >= 0.6 is 0 Å². The molecule has 1 aliphatic rings. The van der Waals surface area contributed by atoms with Gasteiger partial charge in [0.15, 0.2) is 0 Å². The van der Waals surface area contributed by atoms with E-state index in [0.717, 1.165) is 11.3 Å². The Bertz CT molecular complexity index is 1040. The van der Waals surface area contributed by atoms with Crippen molar-refractivity contribution in [1.29, 1.82) is 0 Å². The molecule has 0 bridgehead atoms. The summed E-state index contributed by atoms with van der Waals surface area (Å²) in [5, 5.41) is 4.12. The van der Waals surface area contributed by atoms with Gasteiger partial charge in [0, 0.05) is 19.2 Å². The molecule has 1 aromatic carbocycles. The van der Waals surface area contributed by atoms with E-state index in [9.17, 15) is 13.2 Å². The lowest BCUT2D eigenvalue weighted by Gasteiger charge is -2.16. The van der Waals surface area contributed by atoms with Crippen LogP contribution in [0.1, 0.15) is 11.3 Å². The zero-order valence-corrected chi connectivity index (χ0v) is 12.5. The summed E-state index contributed by atoms with van der Waals surface area (Å²) in [5.41, 5.74) is 2.52. The lowest BCUT2D eigenvalue weighted by molar-refractivity contribution is 0.422. The monoisotopic (exact) mass is 319 g/mol. The number of nitrogens with one attached hydrogen (secondary N) is 2. The minimum Gasteiger partial charge on any atom is -0.306 e. The van der Waals surface area contributed by atoms with Gasteiger partial charge in [0.25, 0.3) is 0 Å². The van der Waals surface area contributed by atoms with Gasteiger partial charge in [-0.3, -0.25) is 4.68 Å². The third-order valence-electron chi connectivity index (χ3n) is 3.95. The number of hydrogen-bond acceptors (Lipinski definition) is 4. The average Bonchev–Trinajstić information content (AvgIpc) is 3.13. The fourth-order valence-corrected chi connectivity index (χ4v) is 4.15. The predicted octanol–water partition coefficient (Wildman–Crippen LogP) is 0.294. The molecular formula is C13H13N5O3S. The van der Waals surface area contributed by atoms with Gasteiger partial charge in [-0.15, -0.1) is 0 Å². The van der Waals surface area contributed by atoms with E-state index in [-0.39, 0.29) is 10.6 Å². The number of nitrogens with zero attached hydrogens (tertiary/aromatic N) is 3. The number of aromatic nitrogens is 4. The van der Waals surface area contributed by atoms with E-state index < -0.39 is 10.0 Å². The minimum absolute atomic E-state index is 0.163. The molecule has 0 saturated heterocycles. The SMILES string of the molecule is Cn1ncc2c1CN(S(=O)(=O)c1ccc3[nH]c(=O)[nH]c3c1)C2. The Morgan fingerprint density at radius 3 is 2.73 bits per heavy atom. The summed E-state index contributed by atoms with van der Waals surface area (Å²) in [6.45, 7) is 0.614. The summed E-state index contributed by atoms with van der Waals surface area (Å²) in [5.74, 6) is 0. The number of sulfonamides is 1. The molecule has 1 aliphatic heterocycles. The summed E-state index contributed by atoms with van der Waals surface area (Å²) in [6.07, 6.45) is 1.69. The standard InChI is InChI=1S/C13H13N5O3S/c1-17-12-7-18(6-8(12)5-14-17)22(20,21)9-2-3-10-11(4-9)16-13(19)15-10/h2-5H,6-7H2,1H3,(H2,15,16,19). The zero-order valence-electron chi connectivity index (χ0n) is 11.7. The Kier molecular flexibility index (Phi) is 2.60. The van der Waals surface area contributed by atoms with Gasteiger partial charge in [-0.1, -0.05) is 0 Å². The number of rotatable bonds is 2. The molecule has 0 spiro atoms. The lowest BCUT2D eigenvalue weighted by atomic mass is 10.3. The van der Waals surface area contributed by atoms with Crippen molar-refractivity contribution in [2.75, 3.05) is 0 Å². The van der Waals surface area contributed by atoms with Gasteiger partial charge in [0.05, 0.1) is 34.4 Å². The smallest absolute Gasteiger partial charge is 0.306 e. The van der Waals surface area contributed by atoms with Gasteiger partial charge in [0.1, 0.15) is 0 Å². The first-order valence-electron chi connectivity index (χ1n) is 6.67. The van der Waals surface area contributed by atoms with Crippen molar-refractivity contribution >= 4 is 21.1 Å². The topological polar surface area (TPSA) is 104 Å². The van der Waals surface area contributed by atoms with E-state index in [4.69, 9.17) is 0 Å². The van der Waals surface area contributed by atoms with Gasteiger partial charge in [-0.2, -0.15) is 9.40 Å². The first-order chi connectivity index (χ1) is 10.4. The zero-order chi connectivity index (χ0) is 15.5. The van der Waals surface area contributed by atoms with Gasteiger partial charge in [-0.25, -0.2) is 13.2 Å². The number of imidazole rings is 1. The van der Waals surface area contributed by atoms with Crippen LogP contribution in [0.15, 0.2) is 34.1 Å². The number of fused-ring (bicyclic) bond motifs is 2. The van der Waals surface area contributed by atoms with Crippen molar-refractivity contribution in [2.45, 2.75) is 18.0 Å². The third-order valence-corrected chi connectivity index (χ3v) is 5.73. The fourth-order valence-electron chi connectivity index (χ4n) is 2.75. The Morgan fingerprint density at radius 2 is 1.95 bits per heavy atom. The number of benzene rings is 1. The molecule has 0 unspecified atom stereocenters. The molecule has 0 atom stereocenters. The normalized spacial score (nSPS) is 15.5. The highest BCUT2D eigenvalue weighted by Crippen LogP contribution is 2.28. The Balaban J connectivity index is 1.75. The molecule has 8 nitrogen and oxygen atoms in total. The molecule has 2 aromatic heterocycles. The molecule has 0 fully saturated rings. The van der Waals surface area contributed by atoms with Crippen LogP contribution in [0.3, 0.4) is 0 Å². The molecule has 0 radical (unpaired) electrons. The summed E-state index contributed by atoms with van der Waals surface area (Å²) >= 11 is 0. The van der Waals surface area contributed by atoms with E-state index in [1.54, 1.807) is 24.0 Å². The van der Waals surface area contributed by atoms with Gasteiger partial charge < -0.3 is 9.97 Å². The van der Waals surface area contributed by atoms with Crippen molar-refractivity contribution in [1.82, 2.24) is 24.1 Å². The van der Waals surface area contributed by atoms with Crippen LogP contribution in [-0.4, -0.2) is 32.5 Å². The van der Waals surface area contributed by atoms with Crippen molar-refractivity contribution in [2.24, 2.45) is 7.05 Å². The molecule has 0 aliphatic carbocycles. The molecule has 2 N–H and O–H groups in total. The maximum Gasteiger partial charge on any atom is 0.323 e. The predicted molar refractivity (Wildman–Crippen MR) is 78.6 cm³/mol. The molecule has 3 heterocycles. The van der Waals surface area contributed by atoms with E-state index >= 15 is 0 Å². The molecule has 9 heteroatoms. The minimum atomic E-state index is -3.62. The number of hydrogen-bond donors (Lipinski definition) is 2. The van der Waals surface area contributed by atoms with Gasteiger partial charge in [-0.05, 0) is 18.2 Å². The lowest BCUT2D eigenvalue weighted by Crippen LogP contribution is -2.26. The van der Waals surface area contributed by atoms with E-state index in [0.29, 0.717) is 24.1 Å². The molecule has 4 rings (SSSR count). The van der Waals surface area contributed by atoms with Crippen LogP contribution in [0.5, 0.6) is 0 Å². The highest BCUT2D eigenvalue weighted by molar-refractivity contribution is 7.89. The van der Waals surface area contributed by atoms with Crippen molar-refractivity contribution < 1.29 is 8.42 Å². The van der Waals surface area contributed by atoms with Crippen LogP contribution in [0.4, 0.5) is 0 Å². The summed E-state index contributed by atoms with van der Waals surface area (Å²) in [6, 6.07) is 4.57. The highest BCUT2D eigenvalue weighted by atomic mass is 32.2. The number of H-pyrrole nitrogens is 2. The van der Waals surface area contributed by atoms with Gasteiger partial charge >= 0.3 is 5.69 Å². The summed E-state index contributed by atoms with van der Waals surface area (Å²) in [7, 11) is -1.82. The second kappa shape index (κ2) is 4.31. The second-order valence-corrected chi connectivity index (χ2v) is 7.24. The van der Waals surface area contributed by atoms with Crippen molar-refractivity contribution in [3.05, 3.63) is 46.1 Å². The van der Waals surface area contributed by atoms with Crippen molar-refractivity contribution in [3.8, 4) is 0 Å². The Morgan fingerprint density at radius 1 is 1.18 bits per heavy atom. The average molecular weight is 319 g/mol. The quantitative estimate of drug-likeness (QED) is 0.708. The van der Waals surface area contributed by atoms with Crippen LogP contribution in [0, 0.1) is 0 Å². The molecule has 0 amide bonds. The molecular weight excluding hydrogens is 306 g/mol. The summed E-state index contributed by atoms with van der Waals surface area (Å²) < 4.78 is 28.6. The first-order valence-corrected chi connectivity index (χ1v) is 8.11. The van der Waals surface area contributed by atoms with E-state index in [1.807, 2.05) is 0 Å². The van der Waals surface area contributed by atoms with Crippen LogP contribution in [0.2, 0.25) is 0 Å². The summed E-state index contributed by atoms with van der Waals surface area (Å²) in [4.78, 5) is 16.6. The fraction of sp³-hybridized carbons (Fsp3) is 0.231. The molecule has 114 valence electrons. The number of aryl methyl sites for hydroxylation is 1. The maximum atomic E-state index is 12.8. The first kappa shape index (κ1) is 13.3. The second-order valence-electron chi connectivity index (χ2n) is 5.30. The Hall–Kier alpha value is -2.39. The van der Waals surface area contributed by atoms with Crippen LogP contribution in [0.25, 0.3) is 11.0 Å². The third kappa shape index (κ3) is 1.82. The number of aromatic amines is 2. The molecule has 0 saturated carbocycles. The molecule has 22 heavy (non-hydrogen) atoms. The molecule has 3 aromatic rings. The van der Waals surface area contributed by atoms with Crippen LogP contribution in [-0.2, 0) is 30.2 Å². The largest absolute Gasteiger partial charge is 0.323 e. The van der Waals surface area contributed by atoms with Crippen molar-refractivity contribution in [3.63, 3.8) is 0 Å². The van der Waals surface area contributed by atoms with Gasteiger partial charge in [0.2, 0.25) is 10.0 Å². The van der Waals surface area contributed by atoms with E-state index in [2.05, 4.69) is 15.1 Å². The highest BCUT2D eigenvalue weighted by Gasteiger charge is 2.32. The Labute approximate surface area is 125 Å².